The molecule has 0 atom stereocenters. The van der Waals surface area contributed by atoms with Gasteiger partial charge in [-0.3, -0.25) is 4.98 Å². The van der Waals surface area contributed by atoms with E-state index in [4.69, 9.17) is 4.74 Å². The number of anilines is 1. The monoisotopic (exact) mass is 284 g/mol. The molecule has 1 aromatic carbocycles. The number of hydrogen-bond donors (Lipinski definition) is 1. The molecule has 3 heteroatoms. The Balaban J connectivity index is 2.09. The Morgan fingerprint density at radius 2 is 1.76 bits per heavy atom. The van der Waals surface area contributed by atoms with E-state index in [1.165, 1.54) is 11.1 Å². The topological polar surface area (TPSA) is 34.1 Å². The fraction of sp³-hybridized carbons (Fsp3) is 0.389. The first-order valence-electron chi connectivity index (χ1n) is 7.24. The summed E-state index contributed by atoms with van der Waals surface area (Å²) < 4.78 is 5.40. The molecular formula is C18H24N2O. The van der Waals surface area contributed by atoms with E-state index in [-0.39, 0.29) is 5.41 Å². The lowest BCUT2D eigenvalue weighted by atomic mass is 9.87. The molecule has 3 nitrogen and oxygen atoms in total. The Morgan fingerprint density at radius 3 is 2.33 bits per heavy atom. The summed E-state index contributed by atoms with van der Waals surface area (Å²) in [5.74, 6) is 0.809. The zero-order valence-corrected chi connectivity index (χ0v) is 13.5. The number of pyridine rings is 1. The van der Waals surface area contributed by atoms with E-state index in [9.17, 15) is 0 Å². The van der Waals surface area contributed by atoms with Crippen LogP contribution < -0.4 is 10.1 Å². The molecule has 0 fully saturated rings. The maximum Gasteiger partial charge on any atom is 0.163 e. The highest BCUT2D eigenvalue weighted by molar-refractivity contribution is 5.57. The number of aromatic nitrogens is 1. The van der Waals surface area contributed by atoms with E-state index in [0.717, 1.165) is 23.7 Å². The summed E-state index contributed by atoms with van der Waals surface area (Å²) in [7, 11) is 1.67. The van der Waals surface area contributed by atoms with Crippen LogP contribution in [0.25, 0.3) is 0 Å². The molecule has 1 aromatic heterocycles. The van der Waals surface area contributed by atoms with E-state index < -0.39 is 0 Å². The van der Waals surface area contributed by atoms with E-state index in [2.05, 4.69) is 55.3 Å². The van der Waals surface area contributed by atoms with Gasteiger partial charge < -0.3 is 10.1 Å². The van der Waals surface area contributed by atoms with Crippen LogP contribution in [0.3, 0.4) is 0 Å². The van der Waals surface area contributed by atoms with Gasteiger partial charge in [0.15, 0.2) is 5.75 Å². The van der Waals surface area contributed by atoms with Crippen LogP contribution in [0, 0.1) is 6.92 Å². The Hall–Kier alpha value is -2.03. The third-order valence-corrected chi connectivity index (χ3v) is 3.59. The van der Waals surface area contributed by atoms with Gasteiger partial charge in [0.05, 0.1) is 18.5 Å². The van der Waals surface area contributed by atoms with E-state index in [0.29, 0.717) is 0 Å². The van der Waals surface area contributed by atoms with Crippen molar-refractivity contribution in [2.24, 2.45) is 0 Å². The maximum absolute atomic E-state index is 5.40. The molecule has 2 rings (SSSR count). The van der Waals surface area contributed by atoms with E-state index in [1.807, 2.05) is 13.0 Å². The van der Waals surface area contributed by atoms with Gasteiger partial charge in [0, 0.05) is 12.7 Å². The second-order valence-electron chi connectivity index (χ2n) is 6.28. The summed E-state index contributed by atoms with van der Waals surface area (Å²) in [6.07, 6.45) is 1.79. The molecule has 2 aromatic rings. The van der Waals surface area contributed by atoms with Crippen LogP contribution in [0.15, 0.2) is 36.5 Å². The Labute approximate surface area is 127 Å². The van der Waals surface area contributed by atoms with E-state index in [1.54, 1.807) is 13.3 Å². The molecule has 0 bridgehead atoms. The number of hydrogen-bond acceptors (Lipinski definition) is 3. The molecular weight excluding hydrogens is 260 g/mol. The van der Waals surface area contributed by atoms with Crippen molar-refractivity contribution in [1.29, 1.82) is 0 Å². The molecule has 0 unspecified atom stereocenters. The number of benzene rings is 1. The molecule has 0 amide bonds. The summed E-state index contributed by atoms with van der Waals surface area (Å²) in [4.78, 5) is 4.24. The van der Waals surface area contributed by atoms with Crippen LogP contribution in [-0.2, 0) is 12.0 Å². The van der Waals surface area contributed by atoms with Crippen LogP contribution in [0.5, 0.6) is 5.75 Å². The van der Waals surface area contributed by atoms with Crippen molar-refractivity contribution in [1.82, 2.24) is 4.98 Å². The highest BCUT2D eigenvalue weighted by Gasteiger charge is 2.13. The summed E-state index contributed by atoms with van der Waals surface area (Å²) in [6.45, 7) is 9.40. The molecule has 21 heavy (non-hydrogen) atoms. The molecule has 112 valence electrons. The summed E-state index contributed by atoms with van der Waals surface area (Å²) in [6, 6.07) is 10.7. The first-order valence-corrected chi connectivity index (χ1v) is 7.24. The van der Waals surface area contributed by atoms with Gasteiger partial charge in [-0.2, -0.15) is 0 Å². The number of rotatable bonds is 4. The highest BCUT2D eigenvalue weighted by Crippen LogP contribution is 2.27. The molecule has 0 aliphatic rings. The van der Waals surface area contributed by atoms with E-state index >= 15 is 0 Å². The van der Waals surface area contributed by atoms with Crippen molar-refractivity contribution < 1.29 is 4.74 Å². The lowest BCUT2D eigenvalue weighted by Gasteiger charge is -2.19. The van der Waals surface area contributed by atoms with Crippen molar-refractivity contribution in [3.8, 4) is 5.75 Å². The van der Waals surface area contributed by atoms with Gasteiger partial charge >= 0.3 is 0 Å². The molecule has 0 aliphatic heterocycles. The SMILES string of the molecule is COc1c(NCc2ccc(C(C)(C)C)cc2)ccnc1C. The highest BCUT2D eigenvalue weighted by atomic mass is 16.5. The summed E-state index contributed by atoms with van der Waals surface area (Å²) in [5.41, 5.74) is 4.66. The first kappa shape index (κ1) is 15.4. The van der Waals surface area contributed by atoms with Gasteiger partial charge in [-0.1, -0.05) is 45.0 Å². The van der Waals surface area contributed by atoms with Crippen molar-refractivity contribution >= 4 is 5.69 Å². The zero-order valence-electron chi connectivity index (χ0n) is 13.5. The largest absolute Gasteiger partial charge is 0.493 e. The molecule has 0 aliphatic carbocycles. The number of ether oxygens (including phenoxy) is 1. The number of nitrogens with one attached hydrogen (secondary N) is 1. The molecule has 1 N–H and O–H groups in total. The molecule has 0 saturated heterocycles. The number of aryl methyl sites for hydroxylation is 1. The molecule has 0 spiro atoms. The van der Waals surface area contributed by atoms with Crippen molar-refractivity contribution in [3.05, 3.63) is 53.3 Å². The minimum absolute atomic E-state index is 0.192. The third-order valence-electron chi connectivity index (χ3n) is 3.59. The first-order chi connectivity index (χ1) is 9.91. The van der Waals surface area contributed by atoms with Crippen LogP contribution >= 0.6 is 0 Å². The van der Waals surface area contributed by atoms with Gasteiger partial charge in [0.2, 0.25) is 0 Å². The minimum Gasteiger partial charge on any atom is -0.493 e. The van der Waals surface area contributed by atoms with Gasteiger partial charge in [-0.05, 0) is 29.5 Å². The Bertz CT molecular complexity index is 598. The maximum atomic E-state index is 5.40. The molecule has 0 saturated carbocycles. The van der Waals surface area contributed by atoms with Gasteiger partial charge in [-0.15, -0.1) is 0 Å². The van der Waals surface area contributed by atoms with Crippen LogP contribution in [0.2, 0.25) is 0 Å². The second kappa shape index (κ2) is 6.17. The fourth-order valence-electron chi connectivity index (χ4n) is 2.27. The zero-order chi connectivity index (χ0) is 15.5. The normalized spacial score (nSPS) is 11.3. The molecule has 1 heterocycles. The summed E-state index contributed by atoms with van der Waals surface area (Å²) >= 11 is 0. The summed E-state index contributed by atoms with van der Waals surface area (Å²) in [5, 5.41) is 3.41. The van der Waals surface area contributed by atoms with Crippen LogP contribution in [0.4, 0.5) is 5.69 Å². The predicted molar refractivity (Wildman–Crippen MR) is 88.0 cm³/mol. The lowest BCUT2D eigenvalue weighted by molar-refractivity contribution is 0.411. The fourth-order valence-corrected chi connectivity index (χ4v) is 2.27. The van der Waals surface area contributed by atoms with Crippen molar-refractivity contribution in [3.63, 3.8) is 0 Å². The Morgan fingerprint density at radius 1 is 1.10 bits per heavy atom. The van der Waals surface area contributed by atoms with Crippen LogP contribution in [-0.4, -0.2) is 12.1 Å². The predicted octanol–water partition coefficient (Wildman–Crippen LogP) is 4.31. The quantitative estimate of drug-likeness (QED) is 0.908. The third kappa shape index (κ3) is 3.75. The van der Waals surface area contributed by atoms with Crippen molar-refractivity contribution in [2.75, 3.05) is 12.4 Å². The van der Waals surface area contributed by atoms with Gasteiger partial charge in [0.1, 0.15) is 0 Å². The van der Waals surface area contributed by atoms with Gasteiger partial charge in [-0.25, -0.2) is 0 Å². The van der Waals surface area contributed by atoms with Crippen LogP contribution in [0.1, 0.15) is 37.6 Å². The average molecular weight is 284 g/mol. The van der Waals surface area contributed by atoms with Gasteiger partial charge in [0.25, 0.3) is 0 Å². The number of nitrogens with zero attached hydrogens (tertiary/aromatic N) is 1. The van der Waals surface area contributed by atoms with Crippen molar-refractivity contribution in [2.45, 2.75) is 39.7 Å². The molecule has 0 radical (unpaired) electrons. The smallest absolute Gasteiger partial charge is 0.163 e. The number of methoxy groups -OCH3 is 1. The average Bonchev–Trinajstić information content (AvgIpc) is 2.44. The second-order valence-corrected chi connectivity index (χ2v) is 6.28. The minimum atomic E-state index is 0.192. The Kier molecular flexibility index (Phi) is 4.51. The lowest BCUT2D eigenvalue weighted by Crippen LogP contribution is -2.11. The standard InChI is InChI=1S/C18H24N2O/c1-13-17(21-5)16(10-11-19-13)20-12-14-6-8-15(9-7-14)18(2,3)4/h6-11H,12H2,1-5H3,(H,19,20).